The molecule has 532 valence electrons. The van der Waals surface area contributed by atoms with Crippen LogP contribution in [0.25, 0.3) is 77.6 Å². The molecular weight excluding hydrogens is 1390 g/mol. The van der Waals surface area contributed by atoms with Crippen molar-refractivity contribution in [1.82, 2.24) is 0 Å². The maximum absolute atomic E-state index is 12.9. The third kappa shape index (κ3) is 11.5. The molecule has 11 aromatic rings. The van der Waals surface area contributed by atoms with Crippen LogP contribution < -0.4 is 54.4 Å². The minimum absolute atomic E-state index is 0. The van der Waals surface area contributed by atoms with Crippen molar-refractivity contribution in [1.29, 1.82) is 0 Å². The van der Waals surface area contributed by atoms with Gasteiger partial charge in [-0.05, 0) is 132 Å². The van der Waals surface area contributed by atoms with Crippen LogP contribution in [0.2, 0.25) is 0 Å². The first-order chi connectivity index (χ1) is 51.7. The second-order valence-electron chi connectivity index (χ2n) is 26.0. The number of rotatable bonds is 5. The van der Waals surface area contributed by atoms with Crippen molar-refractivity contribution < 1.29 is 89.9 Å². The first kappa shape index (κ1) is 69.4. The number of carbonyl (C=O) groups excluding carboxylic acids is 3. The number of hydrogen-bond donors (Lipinski definition) is 7. The number of carboxylic acids is 1. The quantitative estimate of drug-likeness (QED) is 0.0364. The van der Waals surface area contributed by atoms with Gasteiger partial charge in [0.25, 0.3) is 0 Å². The van der Waals surface area contributed by atoms with Gasteiger partial charge in [-0.1, -0.05) is 91.0 Å². The minimum atomic E-state index is -1.14. The topological polar surface area (TPSA) is 320 Å². The highest BCUT2D eigenvalue weighted by atomic mass is 35.5. The number of aromatic carboxylic acids is 1. The Balaban J connectivity index is 0.000000115. The zero-order valence-electron chi connectivity index (χ0n) is 57.5. The molecule has 2 atom stereocenters. The summed E-state index contributed by atoms with van der Waals surface area (Å²) in [5, 5.41) is 49.3. The molecule has 6 aliphatic heterocycles. The molecule has 0 bridgehead atoms. The summed E-state index contributed by atoms with van der Waals surface area (Å²) in [6.45, 7) is 0. The van der Waals surface area contributed by atoms with E-state index in [1.165, 1.54) is 43.5 Å². The summed E-state index contributed by atoms with van der Waals surface area (Å²) in [7, 11) is 5.29. The highest BCUT2D eigenvalue weighted by Gasteiger charge is 2.55. The van der Waals surface area contributed by atoms with Crippen LogP contribution in [0.3, 0.4) is 0 Å². The molecule has 108 heavy (non-hydrogen) atoms. The number of phenolic OH excluding ortho intramolecular Hbond substituents is 3. The summed E-state index contributed by atoms with van der Waals surface area (Å²) in [6, 6.07) is 73.9. The molecule has 0 aromatic heterocycles. The lowest BCUT2D eigenvalue weighted by Crippen LogP contribution is -3.00. The number of fused-ring (bicyclic) bond motifs is 18. The number of benzene rings is 13. The number of anilines is 3. The summed E-state index contributed by atoms with van der Waals surface area (Å²) >= 11 is 0. The predicted octanol–water partition coefficient (Wildman–Crippen LogP) is 11.9. The molecule has 0 fully saturated rings. The van der Waals surface area contributed by atoms with Crippen LogP contribution in [0.5, 0.6) is 40.2 Å². The number of halogens is 1. The monoisotopic (exact) mass is 1450 g/mol. The Bertz CT molecular complexity index is 6270. The minimum Gasteiger partial charge on any atom is -1.00 e. The Kier molecular flexibility index (Phi) is 17.4. The maximum Gasteiger partial charge on any atom is 0.340 e. The van der Waals surface area contributed by atoms with E-state index in [2.05, 4.69) is 0 Å². The molecule has 2 unspecified atom stereocenters. The number of methoxy groups -OCH3 is 1. The van der Waals surface area contributed by atoms with E-state index in [1.807, 2.05) is 134 Å². The van der Waals surface area contributed by atoms with Crippen molar-refractivity contribution in [3.8, 4) is 85.1 Å². The predicted molar refractivity (Wildman–Crippen MR) is 401 cm³/mol. The Morgan fingerprint density at radius 1 is 0.463 bits per heavy atom. The number of nitrogens with zero attached hydrogens (tertiary/aromatic N) is 1. The lowest BCUT2D eigenvalue weighted by Gasteiger charge is -2.37. The molecule has 20 nitrogen and oxygen atoms in total. The number of carboxylic acid groups (broad SMARTS) is 1. The van der Waals surface area contributed by atoms with Gasteiger partial charge in [0, 0.05) is 140 Å². The largest absolute Gasteiger partial charge is 1.00 e. The van der Waals surface area contributed by atoms with E-state index in [1.54, 1.807) is 103 Å². The van der Waals surface area contributed by atoms with Crippen molar-refractivity contribution in [2.24, 2.45) is 0 Å². The third-order valence-electron chi connectivity index (χ3n) is 19.4. The van der Waals surface area contributed by atoms with Crippen LogP contribution in [0.1, 0.15) is 74.8 Å². The van der Waals surface area contributed by atoms with Gasteiger partial charge in [-0.15, -0.1) is 0 Å². The maximum atomic E-state index is 12.9. The zero-order valence-corrected chi connectivity index (χ0v) is 58.2. The summed E-state index contributed by atoms with van der Waals surface area (Å²) < 4.78 is 41.2. The summed E-state index contributed by atoms with van der Waals surface area (Å²) in [4.78, 5) is 63.2. The molecule has 0 amide bonds. The average molecular weight is 1450 g/mol. The number of phenols is 3. The van der Waals surface area contributed by atoms with E-state index in [0.29, 0.717) is 123 Å². The van der Waals surface area contributed by atoms with Crippen LogP contribution in [-0.2, 0) is 25.4 Å². The van der Waals surface area contributed by atoms with Gasteiger partial charge in [-0.2, -0.15) is 0 Å². The Hall–Kier alpha value is -14.4. The Morgan fingerprint density at radius 2 is 0.972 bits per heavy atom. The number of aromatic hydroxyl groups is 3. The summed E-state index contributed by atoms with van der Waals surface area (Å²) in [5.41, 5.74) is 22.8. The standard InChI is InChI=1S/C26H19NO4.C21H16N2O3.C20H13NO4.C20H12O5.ClH/c1-27(2)16-11-13-19-22(14-16)30-24-20(12-10-15-6-5-9-21(28)23(15)24)26(19)18-8-4-3-7-17(18)25(29)31-26;1-25-21(24)15-5-3-2-4-14(15)20-16-8-6-12(22)10-18(16)26-19-11-13(23)7-9-17(19)20;21-11-5-7-15-17(9-11)24-18-10-12(22)6-8-16(18)20(15)14-4-2-1-3-13(14)19(23)25-20;21-11-5-7-15-17(9-11)25-18-10-12(22)6-8-16(18)19(15)13-3-1-2-4-14(13)20(23)24;/h3-14,28H,1-2H3;2-11,22H,23H2,1H3;1-10,22H,21H2;1-10,21H,(H,23,24);1H. The normalized spacial score (nSPS) is 15.0. The van der Waals surface area contributed by atoms with Crippen molar-refractivity contribution in [2.75, 3.05) is 37.6 Å². The molecule has 2 aliphatic carbocycles. The highest BCUT2D eigenvalue weighted by Crippen LogP contribution is 2.60. The smallest absolute Gasteiger partial charge is 0.340 e. The molecule has 21 heteroatoms. The molecule has 19 rings (SSSR count). The number of hydrogen-bond acceptors (Lipinski definition) is 18. The number of carbonyl (C=O) groups is 4. The average Bonchev–Trinajstić information content (AvgIpc) is 1.49. The van der Waals surface area contributed by atoms with Gasteiger partial charge in [0.05, 0.1) is 40.8 Å². The second-order valence-corrected chi connectivity index (χ2v) is 26.0. The van der Waals surface area contributed by atoms with E-state index in [0.717, 1.165) is 49.8 Å². The molecule has 0 saturated heterocycles. The number of esters is 3. The van der Waals surface area contributed by atoms with E-state index < -0.39 is 23.1 Å². The number of ether oxygens (including phenoxy) is 5. The van der Waals surface area contributed by atoms with Crippen molar-refractivity contribution >= 4 is 73.7 Å². The van der Waals surface area contributed by atoms with Crippen LogP contribution in [0.4, 0.5) is 17.1 Å². The first-order valence-corrected chi connectivity index (χ1v) is 33.6. The Morgan fingerprint density at radius 3 is 1.63 bits per heavy atom. The van der Waals surface area contributed by atoms with Crippen LogP contribution >= 0.6 is 0 Å². The van der Waals surface area contributed by atoms with E-state index in [-0.39, 0.29) is 52.6 Å². The van der Waals surface area contributed by atoms with Gasteiger partial charge in [0.1, 0.15) is 62.9 Å². The van der Waals surface area contributed by atoms with Gasteiger partial charge in [0.2, 0.25) is 0 Å². The van der Waals surface area contributed by atoms with Crippen LogP contribution in [0, 0.1) is 0 Å². The fourth-order valence-corrected chi connectivity index (χ4v) is 14.7. The van der Waals surface area contributed by atoms with Gasteiger partial charge >= 0.3 is 23.9 Å². The van der Waals surface area contributed by atoms with Gasteiger partial charge in [0.15, 0.2) is 22.0 Å². The summed E-state index contributed by atoms with van der Waals surface area (Å²) in [6.07, 6.45) is 0. The number of nitrogens with two attached hydrogens (primary N) is 3. The molecule has 0 radical (unpaired) electrons. The first-order valence-electron chi connectivity index (χ1n) is 33.6. The van der Waals surface area contributed by atoms with Crippen molar-refractivity contribution in [3.63, 3.8) is 0 Å². The summed E-state index contributed by atoms with van der Waals surface area (Å²) in [5.74, 6) is 0.999. The zero-order chi connectivity index (χ0) is 74.3. The molecule has 8 aliphatic rings. The molecule has 11 aromatic carbocycles. The van der Waals surface area contributed by atoms with Gasteiger partial charge in [-0.3, -0.25) is 10.2 Å². The fourth-order valence-electron chi connectivity index (χ4n) is 14.7. The molecule has 0 saturated carbocycles. The third-order valence-corrected chi connectivity index (χ3v) is 19.4. The van der Waals surface area contributed by atoms with Gasteiger partial charge < -0.3 is 81.7 Å². The van der Waals surface area contributed by atoms with Crippen LogP contribution in [0.15, 0.2) is 268 Å². The Labute approximate surface area is 620 Å². The fraction of sp³-hybridized carbons (Fsp3) is 0.0575. The SMILES string of the molecule is CN(C)c1ccc2c(c1)Oc1c(ccc3cccc(O)c13)C21OC(=O)c2ccccc21.COC(=O)c1ccccc1-c1c2ccc(=[NH2+])cc-2oc2cc(N)ccc12.Nc1ccc2c(c1)Oc1cc(O)ccc1C21OC(=O)c2ccccc21.O=C(O)c1ccccc1-c1c2ccc(=O)cc-2oc2cc(O)ccc12.[Cl-]. The lowest BCUT2D eigenvalue weighted by molar-refractivity contribution is -0.172. The molecular formula is C87H61ClN4O16. The second kappa shape index (κ2) is 27.0. The van der Waals surface area contributed by atoms with E-state index >= 15 is 0 Å². The van der Waals surface area contributed by atoms with Crippen molar-refractivity contribution in [3.05, 3.63) is 326 Å². The van der Waals surface area contributed by atoms with Crippen molar-refractivity contribution in [2.45, 2.75) is 11.2 Å². The van der Waals surface area contributed by atoms with Crippen LogP contribution in [-0.4, -0.2) is 65.5 Å². The van der Waals surface area contributed by atoms with E-state index in [4.69, 9.17) is 49.4 Å². The molecule has 2 spiro atoms. The van der Waals surface area contributed by atoms with Gasteiger partial charge in [-0.25, -0.2) is 19.2 Å². The highest BCUT2D eigenvalue weighted by molar-refractivity contribution is 6.10. The molecule has 10 N–H and O–H groups in total. The number of nitrogen functional groups attached to an aromatic ring is 2. The van der Waals surface area contributed by atoms with E-state index in [9.17, 15) is 44.4 Å². The molecule has 6 heterocycles. The lowest BCUT2D eigenvalue weighted by atomic mass is 9.77.